The predicted octanol–water partition coefficient (Wildman–Crippen LogP) is 3.24. The summed E-state index contributed by atoms with van der Waals surface area (Å²) in [6.45, 7) is 4.73. The summed E-state index contributed by atoms with van der Waals surface area (Å²) in [6, 6.07) is 9.18. The molecule has 88 valence electrons. The summed E-state index contributed by atoms with van der Waals surface area (Å²) < 4.78 is 5.19. The molecule has 2 heteroatoms. The first kappa shape index (κ1) is 11.5. The van der Waals surface area contributed by atoms with E-state index < -0.39 is 0 Å². The first-order valence-corrected chi connectivity index (χ1v) is 6.23. The molecule has 16 heavy (non-hydrogen) atoms. The van der Waals surface area contributed by atoms with E-state index in [0.29, 0.717) is 6.04 Å². The number of methoxy groups -OCH3 is 1. The van der Waals surface area contributed by atoms with E-state index in [0.717, 1.165) is 5.75 Å². The fourth-order valence-electron chi connectivity index (χ4n) is 2.58. The molecule has 1 aliphatic rings. The Labute approximate surface area is 98.2 Å². The van der Waals surface area contributed by atoms with Gasteiger partial charge in [-0.25, -0.2) is 0 Å². The summed E-state index contributed by atoms with van der Waals surface area (Å²) in [6.07, 6.45) is 3.87. The molecule has 1 aromatic carbocycles. The van der Waals surface area contributed by atoms with E-state index in [9.17, 15) is 0 Å². The zero-order valence-electron chi connectivity index (χ0n) is 10.3. The first-order chi connectivity index (χ1) is 7.85. The minimum Gasteiger partial charge on any atom is -0.497 e. The van der Waals surface area contributed by atoms with Gasteiger partial charge < -0.3 is 4.74 Å². The molecular formula is C14H21NO. The Balaban J connectivity index is 2.09. The van der Waals surface area contributed by atoms with Gasteiger partial charge in [0.2, 0.25) is 0 Å². The molecule has 0 aromatic heterocycles. The second-order valence-corrected chi connectivity index (χ2v) is 4.47. The van der Waals surface area contributed by atoms with Crippen molar-refractivity contribution in [1.29, 1.82) is 0 Å². The SMILES string of the molecule is CCCN1CCC[C@@H]1c1ccc(OC)cc1. The average Bonchev–Trinajstić information content (AvgIpc) is 2.78. The second kappa shape index (κ2) is 5.35. The second-order valence-electron chi connectivity index (χ2n) is 4.47. The average molecular weight is 219 g/mol. The molecule has 0 saturated carbocycles. The van der Waals surface area contributed by atoms with Gasteiger partial charge >= 0.3 is 0 Å². The van der Waals surface area contributed by atoms with Crippen molar-refractivity contribution in [3.8, 4) is 5.75 Å². The van der Waals surface area contributed by atoms with Crippen molar-refractivity contribution in [1.82, 2.24) is 4.90 Å². The summed E-state index contributed by atoms with van der Waals surface area (Å²) in [5, 5.41) is 0. The van der Waals surface area contributed by atoms with Crippen LogP contribution >= 0.6 is 0 Å². The predicted molar refractivity (Wildman–Crippen MR) is 66.8 cm³/mol. The highest BCUT2D eigenvalue weighted by Gasteiger charge is 2.24. The standard InChI is InChI=1S/C14H21NO/c1-3-10-15-11-4-5-14(15)12-6-8-13(16-2)9-7-12/h6-9,14H,3-5,10-11H2,1-2H3/t14-/m1/s1. The number of likely N-dealkylation sites (tertiary alicyclic amines) is 1. The third kappa shape index (κ3) is 2.38. The van der Waals surface area contributed by atoms with E-state index in [1.54, 1.807) is 7.11 Å². The van der Waals surface area contributed by atoms with Crippen molar-refractivity contribution in [2.75, 3.05) is 20.2 Å². The zero-order chi connectivity index (χ0) is 11.4. The molecule has 0 spiro atoms. The van der Waals surface area contributed by atoms with Crippen LogP contribution in [0.3, 0.4) is 0 Å². The monoisotopic (exact) mass is 219 g/mol. The van der Waals surface area contributed by atoms with Crippen LogP contribution in [0.2, 0.25) is 0 Å². The van der Waals surface area contributed by atoms with Crippen LogP contribution in [0.25, 0.3) is 0 Å². The van der Waals surface area contributed by atoms with E-state index >= 15 is 0 Å². The van der Waals surface area contributed by atoms with Crippen molar-refractivity contribution in [3.05, 3.63) is 29.8 Å². The van der Waals surface area contributed by atoms with Gasteiger partial charge in [-0.1, -0.05) is 19.1 Å². The Morgan fingerprint density at radius 1 is 1.31 bits per heavy atom. The third-order valence-corrected chi connectivity index (χ3v) is 3.38. The van der Waals surface area contributed by atoms with Gasteiger partial charge in [-0.05, 0) is 50.0 Å². The van der Waals surface area contributed by atoms with E-state index in [-0.39, 0.29) is 0 Å². The van der Waals surface area contributed by atoms with Gasteiger partial charge in [0.1, 0.15) is 5.75 Å². The Kier molecular flexibility index (Phi) is 3.83. The summed E-state index contributed by atoms with van der Waals surface area (Å²) >= 11 is 0. The van der Waals surface area contributed by atoms with Crippen LogP contribution in [0.1, 0.15) is 37.8 Å². The quantitative estimate of drug-likeness (QED) is 0.770. The van der Waals surface area contributed by atoms with E-state index in [2.05, 4.69) is 36.1 Å². The van der Waals surface area contributed by atoms with Gasteiger partial charge in [-0.3, -0.25) is 4.90 Å². The van der Waals surface area contributed by atoms with Crippen LogP contribution in [0.5, 0.6) is 5.75 Å². The van der Waals surface area contributed by atoms with Crippen molar-refractivity contribution in [2.45, 2.75) is 32.2 Å². The van der Waals surface area contributed by atoms with Crippen LogP contribution in [0.4, 0.5) is 0 Å². The highest BCUT2D eigenvalue weighted by molar-refractivity contribution is 5.29. The minimum atomic E-state index is 0.630. The Hall–Kier alpha value is -1.02. The fraction of sp³-hybridized carbons (Fsp3) is 0.571. The van der Waals surface area contributed by atoms with Gasteiger partial charge in [-0.2, -0.15) is 0 Å². The maximum Gasteiger partial charge on any atom is 0.118 e. The number of hydrogen-bond acceptors (Lipinski definition) is 2. The Morgan fingerprint density at radius 2 is 2.06 bits per heavy atom. The lowest BCUT2D eigenvalue weighted by Gasteiger charge is -2.24. The molecule has 1 heterocycles. The summed E-state index contributed by atoms with van der Waals surface area (Å²) in [5.41, 5.74) is 1.44. The number of benzene rings is 1. The van der Waals surface area contributed by atoms with Crippen molar-refractivity contribution >= 4 is 0 Å². The Morgan fingerprint density at radius 3 is 2.69 bits per heavy atom. The molecule has 0 aliphatic carbocycles. The molecule has 0 bridgehead atoms. The minimum absolute atomic E-state index is 0.630. The lowest BCUT2D eigenvalue weighted by Crippen LogP contribution is -2.23. The number of rotatable bonds is 4. The van der Waals surface area contributed by atoms with Gasteiger partial charge in [-0.15, -0.1) is 0 Å². The smallest absolute Gasteiger partial charge is 0.118 e. The van der Waals surface area contributed by atoms with Crippen molar-refractivity contribution < 1.29 is 4.74 Å². The van der Waals surface area contributed by atoms with Gasteiger partial charge in [0, 0.05) is 6.04 Å². The molecule has 0 radical (unpaired) electrons. The Bertz CT molecular complexity index is 320. The van der Waals surface area contributed by atoms with Gasteiger partial charge in [0.05, 0.1) is 7.11 Å². The molecule has 0 unspecified atom stereocenters. The highest BCUT2D eigenvalue weighted by Crippen LogP contribution is 2.32. The van der Waals surface area contributed by atoms with Crippen LogP contribution < -0.4 is 4.74 Å². The lowest BCUT2D eigenvalue weighted by atomic mass is 10.0. The summed E-state index contributed by atoms with van der Waals surface area (Å²) in [5.74, 6) is 0.948. The number of ether oxygens (including phenoxy) is 1. The third-order valence-electron chi connectivity index (χ3n) is 3.38. The fourth-order valence-corrected chi connectivity index (χ4v) is 2.58. The molecular weight excluding hydrogens is 198 g/mol. The van der Waals surface area contributed by atoms with Crippen molar-refractivity contribution in [2.24, 2.45) is 0 Å². The maximum atomic E-state index is 5.19. The molecule has 2 nitrogen and oxygen atoms in total. The number of hydrogen-bond donors (Lipinski definition) is 0. The first-order valence-electron chi connectivity index (χ1n) is 6.23. The molecule has 1 aliphatic heterocycles. The molecule has 2 rings (SSSR count). The normalized spacial score (nSPS) is 21.2. The van der Waals surface area contributed by atoms with Crippen LogP contribution in [0.15, 0.2) is 24.3 Å². The molecule has 1 atom stereocenters. The lowest BCUT2D eigenvalue weighted by molar-refractivity contribution is 0.257. The molecule has 1 fully saturated rings. The zero-order valence-corrected chi connectivity index (χ0v) is 10.3. The topological polar surface area (TPSA) is 12.5 Å². The summed E-state index contributed by atoms with van der Waals surface area (Å²) in [7, 11) is 1.72. The van der Waals surface area contributed by atoms with E-state index in [1.165, 1.54) is 37.9 Å². The van der Waals surface area contributed by atoms with Crippen LogP contribution in [-0.2, 0) is 0 Å². The van der Waals surface area contributed by atoms with Crippen LogP contribution in [0, 0.1) is 0 Å². The molecule has 1 aromatic rings. The number of nitrogens with zero attached hydrogens (tertiary/aromatic N) is 1. The van der Waals surface area contributed by atoms with Crippen LogP contribution in [-0.4, -0.2) is 25.1 Å². The maximum absolute atomic E-state index is 5.19. The van der Waals surface area contributed by atoms with E-state index in [1.807, 2.05) is 0 Å². The molecule has 1 saturated heterocycles. The molecule has 0 amide bonds. The van der Waals surface area contributed by atoms with Gasteiger partial charge in [0.15, 0.2) is 0 Å². The van der Waals surface area contributed by atoms with Gasteiger partial charge in [0.25, 0.3) is 0 Å². The largest absolute Gasteiger partial charge is 0.497 e. The van der Waals surface area contributed by atoms with E-state index in [4.69, 9.17) is 4.74 Å². The van der Waals surface area contributed by atoms with Crippen molar-refractivity contribution in [3.63, 3.8) is 0 Å². The molecule has 0 N–H and O–H groups in total. The summed E-state index contributed by atoms with van der Waals surface area (Å²) in [4.78, 5) is 2.60. The highest BCUT2D eigenvalue weighted by atomic mass is 16.5.